The second kappa shape index (κ2) is 8.20. The number of anilines is 1. The van der Waals surface area contributed by atoms with Gasteiger partial charge in [-0.3, -0.25) is 4.79 Å². The second-order valence-corrected chi connectivity index (χ2v) is 6.24. The third kappa shape index (κ3) is 4.44. The molecule has 2 rings (SSSR count). The summed E-state index contributed by atoms with van der Waals surface area (Å²) in [4.78, 5) is 12.1. The summed E-state index contributed by atoms with van der Waals surface area (Å²) in [5.74, 6) is 1.38. The van der Waals surface area contributed by atoms with Crippen LogP contribution >= 0.6 is 11.8 Å². The zero-order chi connectivity index (χ0) is 14.2. The molecule has 0 saturated carbocycles. The Morgan fingerprint density at radius 1 is 1.30 bits per heavy atom. The Hall–Kier alpha value is -1.16. The molecule has 20 heavy (non-hydrogen) atoms. The maximum absolute atomic E-state index is 12.1. The third-order valence-electron chi connectivity index (χ3n) is 3.66. The van der Waals surface area contributed by atoms with E-state index in [9.17, 15) is 4.79 Å². The molecule has 1 aromatic carbocycles. The Labute approximate surface area is 125 Å². The summed E-state index contributed by atoms with van der Waals surface area (Å²) in [5, 5.41) is 6.33. The van der Waals surface area contributed by atoms with E-state index >= 15 is 0 Å². The number of fused-ring (bicyclic) bond motifs is 1. The second-order valence-electron chi connectivity index (χ2n) is 5.26. The van der Waals surface area contributed by atoms with Gasteiger partial charge in [-0.05, 0) is 36.5 Å². The maximum atomic E-state index is 12.1. The highest BCUT2D eigenvalue weighted by Gasteiger charge is 2.25. The van der Waals surface area contributed by atoms with E-state index in [-0.39, 0.29) is 11.9 Å². The SMILES string of the molecule is CSCCCCCCNC(=O)C1Cc2ccccc2N1. The molecule has 0 aromatic heterocycles. The van der Waals surface area contributed by atoms with Crippen LogP contribution in [0.4, 0.5) is 5.69 Å². The number of hydrogen-bond acceptors (Lipinski definition) is 3. The minimum Gasteiger partial charge on any atom is -0.373 e. The molecule has 1 aromatic rings. The molecular formula is C16H24N2OS. The van der Waals surface area contributed by atoms with E-state index in [0.717, 1.165) is 25.1 Å². The Kier molecular flexibility index (Phi) is 6.25. The zero-order valence-electron chi connectivity index (χ0n) is 12.2. The van der Waals surface area contributed by atoms with Crippen LogP contribution in [0.15, 0.2) is 24.3 Å². The summed E-state index contributed by atoms with van der Waals surface area (Å²) >= 11 is 1.90. The normalized spacial score (nSPS) is 16.6. The first-order valence-electron chi connectivity index (χ1n) is 7.42. The van der Waals surface area contributed by atoms with Crippen molar-refractivity contribution < 1.29 is 4.79 Å². The summed E-state index contributed by atoms with van der Waals surface area (Å²) < 4.78 is 0. The van der Waals surface area contributed by atoms with Gasteiger partial charge in [-0.2, -0.15) is 11.8 Å². The van der Waals surface area contributed by atoms with Gasteiger partial charge >= 0.3 is 0 Å². The van der Waals surface area contributed by atoms with Crippen molar-refractivity contribution >= 4 is 23.4 Å². The lowest BCUT2D eigenvalue weighted by molar-refractivity contribution is -0.121. The Bertz CT molecular complexity index is 411. The number of nitrogens with one attached hydrogen (secondary N) is 2. The van der Waals surface area contributed by atoms with Gasteiger partial charge in [-0.25, -0.2) is 0 Å². The van der Waals surface area contributed by atoms with Crippen LogP contribution in [0.2, 0.25) is 0 Å². The standard InChI is InChI=1S/C16H24N2OS/c1-20-11-7-3-2-6-10-17-16(19)15-12-13-8-4-5-9-14(13)18-15/h4-5,8-9,15,18H,2-3,6-7,10-12H2,1H3,(H,17,19). The monoisotopic (exact) mass is 292 g/mol. The van der Waals surface area contributed by atoms with Crippen LogP contribution in [-0.2, 0) is 11.2 Å². The van der Waals surface area contributed by atoms with Crippen LogP contribution in [0.3, 0.4) is 0 Å². The highest BCUT2D eigenvalue weighted by atomic mass is 32.2. The topological polar surface area (TPSA) is 41.1 Å². The molecule has 0 fully saturated rings. The van der Waals surface area contributed by atoms with Gasteiger partial charge in [0.1, 0.15) is 6.04 Å². The number of hydrogen-bond donors (Lipinski definition) is 2. The van der Waals surface area contributed by atoms with E-state index in [1.54, 1.807) is 0 Å². The molecule has 1 atom stereocenters. The predicted molar refractivity (Wildman–Crippen MR) is 87.4 cm³/mol. The van der Waals surface area contributed by atoms with Gasteiger partial charge in [0.15, 0.2) is 0 Å². The van der Waals surface area contributed by atoms with Crippen molar-refractivity contribution in [1.82, 2.24) is 5.32 Å². The molecule has 1 unspecified atom stereocenters. The molecule has 3 nitrogen and oxygen atoms in total. The molecule has 0 saturated heterocycles. The molecule has 0 aliphatic carbocycles. The summed E-state index contributed by atoms with van der Waals surface area (Å²) in [5.41, 5.74) is 2.34. The molecular weight excluding hydrogens is 268 g/mol. The fraction of sp³-hybridized carbons (Fsp3) is 0.562. The van der Waals surface area contributed by atoms with Crippen molar-refractivity contribution in [1.29, 1.82) is 0 Å². The average Bonchev–Trinajstić information content (AvgIpc) is 2.90. The number of amides is 1. The summed E-state index contributed by atoms with van der Waals surface area (Å²) in [6, 6.07) is 8.05. The van der Waals surface area contributed by atoms with Crippen molar-refractivity contribution in [3.8, 4) is 0 Å². The van der Waals surface area contributed by atoms with Crippen LogP contribution in [0.5, 0.6) is 0 Å². The van der Waals surface area contributed by atoms with Gasteiger partial charge in [0.25, 0.3) is 0 Å². The molecule has 1 amide bonds. The van der Waals surface area contributed by atoms with E-state index in [2.05, 4.69) is 23.0 Å². The smallest absolute Gasteiger partial charge is 0.242 e. The molecule has 0 radical (unpaired) electrons. The van der Waals surface area contributed by atoms with Crippen molar-refractivity contribution in [2.45, 2.75) is 38.1 Å². The molecule has 1 aliphatic rings. The van der Waals surface area contributed by atoms with Crippen LogP contribution in [0.25, 0.3) is 0 Å². The van der Waals surface area contributed by atoms with E-state index in [0.29, 0.717) is 0 Å². The predicted octanol–water partition coefficient (Wildman–Crippen LogP) is 3.06. The number of unbranched alkanes of at least 4 members (excludes halogenated alkanes) is 3. The lowest BCUT2D eigenvalue weighted by atomic mass is 10.1. The van der Waals surface area contributed by atoms with Crippen LogP contribution < -0.4 is 10.6 Å². The Morgan fingerprint density at radius 2 is 2.10 bits per heavy atom. The lowest BCUT2D eigenvalue weighted by Crippen LogP contribution is -2.38. The van der Waals surface area contributed by atoms with E-state index < -0.39 is 0 Å². The van der Waals surface area contributed by atoms with E-state index in [4.69, 9.17) is 0 Å². The fourth-order valence-electron chi connectivity index (χ4n) is 2.52. The summed E-state index contributed by atoms with van der Waals surface area (Å²) in [7, 11) is 0. The number of carbonyl (C=O) groups is 1. The van der Waals surface area contributed by atoms with Gasteiger partial charge in [-0.15, -0.1) is 0 Å². The summed E-state index contributed by atoms with van der Waals surface area (Å²) in [6.07, 6.45) is 7.79. The van der Waals surface area contributed by atoms with Crippen molar-refractivity contribution in [3.05, 3.63) is 29.8 Å². The molecule has 110 valence electrons. The Balaban J connectivity index is 1.60. The maximum Gasteiger partial charge on any atom is 0.242 e. The van der Waals surface area contributed by atoms with Crippen molar-refractivity contribution in [2.75, 3.05) is 23.9 Å². The number of benzene rings is 1. The number of rotatable bonds is 8. The summed E-state index contributed by atoms with van der Waals surface area (Å²) in [6.45, 7) is 0.798. The van der Waals surface area contributed by atoms with E-state index in [1.165, 1.54) is 30.6 Å². The van der Waals surface area contributed by atoms with Gasteiger partial charge in [0, 0.05) is 18.7 Å². The van der Waals surface area contributed by atoms with Gasteiger partial charge in [0.2, 0.25) is 5.91 Å². The first-order valence-corrected chi connectivity index (χ1v) is 8.81. The minimum absolute atomic E-state index is 0.0936. The van der Waals surface area contributed by atoms with Crippen molar-refractivity contribution in [3.63, 3.8) is 0 Å². The number of thioether (sulfide) groups is 1. The van der Waals surface area contributed by atoms with Crippen LogP contribution in [0, 0.1) is 0 Å². The molecule has 2 N–H and O–H groups in total. The molecule has 0 bridgehead atoms. The van der Waals surface area contributed by atoms with Gasteiger partial charge in [-0.1, -0.05) is 31.0 Å². The van der Waals surface area contributed by atoms with Gasteiger partial charge < -0.3 is 10.6 Å². The number of carbonyl (C=O) groups excluding carboxylic acids is 1. The quantitative estimate of drug-likeness (QED) is 0.724. The molecule has 0 spiro atoms. The highest BCUT2D eigenvalue weighted by molar-refractivity contribution is 7.98. The molecule has 1 aliphatic heterocycles. The first kappa shape index (κ1) is 15.2. The minimum atomic E-state index is -0.0936. The van der Waals surface area contributed by atoms with Gasteiger partial charge in [0.05, 0.1) is 0 Å². The molecule has 4 heteroatoms. The third-order valence-corrected chi connectivity index (χ3v) is 4.36. The zero-order valence-corrected chi connectivity index (χ0v) is 13.0. The average molecular weight is 292 g/mol. The highest BCUT2D eigenvalue weighted by Crippen LogP contribution is 2.24. The number of para-hydroxylation sites is 1. The fourth-order valence-corrected chi connectivity index (χ4v) is 3.01. The lowest BCUT2D eigenvalue weighted by Gasteiger charge is -2.11. The first-order chi connectivity index (χ1) is 9.81. The van der Waals surface area contributed by atoms with Crippen molar-refractivity contribution in [2.24, 2.45) is 0 Å². The van der Waals surface area contributed by atoms with E-state index in [1.807, 2.05) is 30.0 Å². The van der Waals surface area contributed by atoms with Crippen LogP contribution in [-0.4, -0.2) is 30.5 Å². The molecule has 1 heterocycles. The largest absolute Gasteiger partial charge is 0.373 e. The Morgan fingerprint density at radius 3 is 2.90 bits per heavy atom. The van der Waals surface area contributed by atoms with Crippen LogP contribution in [0.1, 0.15) is 31.2 Å².